The van der Waals surface area contributed by atoms with Crippen LogP contribution in [0.15, 0.2) is 11.4 Å². The first-order chi connectivity index (χ1) is 6.48. The van der Waals surface area contributed by atoms with Crippen LogP contribution in [0.3, 0.4) is 0 Å². The lowest BCUT2D eigenvalue weighted by Gasteiger charge is -2.55. The van der Waals surface area contributed by atoms with E-state index in [1.54, 1.807) is 0 Å². The SMILES string of the molecule is NC1=C(N)C(N)(N)C(N)(N)C(N)(N)C1N. The molecule has 0 spiro atoms. The van der Waals surface area contributed by atoms with Gasteiger partial charge in [-0.25, -0.2) is 0 Å². The van der Waals surface area contributed by atoms with E-state index in [2.05, 4.69) is 0 Å². The van der Waals surface area contributed by atoms with Crippen LogP contribution in [0.1, 0.15) is 0 Å². The molecule has 0 fully saturated rings. The number of hydrogen-bond donors (Lipinski definition) is 9. The fourth-order valence-corrected chi connectivity index (χ4v) is 1.50. The van der Waals surface area contributed by atoms with E-state index in [-0.39, 0.29) is 11.4 Å². The standard InChI is InChI=1S/C6H19N9/c7-1-2(8)4(10,11)6(14,15)5(12,13)3(1)9/h2H,7-15H2. The van der Waals surface area contributed by atoms with E-state index in [0.717, 1.165) is 0 Å². The van der Waals surface area contributed by atoms with Gasteiger partial charge in [-0.1, -0.05) is 0 Å². The Bertz CT molecular complexity index is 315. The molecule has 9 heteroatoms. The Labute approximate surface area is 86.9 Å². The second kappa shape index (κ2) is 2.80. The van der Waals surface area contributed by atoms with Gasteiger partial charge in [-0.15, -0.1) is 0 Å². The molecule has 1 rings (SSSR count). The molecule has 1 aliphatic rings. The molecule has 1 aliphatic carbocycles. The third-order valence-corrected chi connectivity index (χ3v) is 3.01. The first-order valence-electron chi connectivity index (χ1n) is 4.22. The maximum Gasteiger partial charge on any atom is 0.141 e. The van der Waals surface area contributed by atoms with Gasteiger partial charge in [0, 0.05) is 0 Å². The van der Waals surface area contributed by atoms with Crippen LogP contribution < -0.4 is 51.6 Å². The fraction of sp³-hybridized carbons (Fsp3) is 0.667. The minimum absolute atomic E-state index is 0.00322. The van der Waals surface area contributed by atoms with E-state index < -0.39 is 23.0 Å². The molecule has 18 N–H and O–H groups in total. The molecule has 0 saturated heterocycles. The second-order valence-electron chi connectivity index (χ2n) is 4.02. The van der Waals surface area contributed by atoms with E-state index in [1.807, 2.05) is 0 Å². The van der Waals surface area contributed by atoms with Crippen LogP contribution in [0.4, 0.5) is 0 Å². The summed E-state index contributed by atoms with van der Waals surface area (Å²) in [6.45, 7) is 0. The summed E-state index contributed by atoms with van der Waals surface area (Å²) in [4.78, 5) is 0. The number of hydrogen-bond acceptors (Lipinski definition) is 9. The van der Waals surface area contributed by atoms with Crippen LogP contribution in [-0.2, 0) is 0 Å². The second-order valence-corrected chi connectivity index (χ2v) is 4.02. The van der Waals surface area contributed by atoms with Crippen molar-refractivity contribution >= 4 is 0 Å². The van der Waals surface area contributed by atoms with E-state index in [1.165, 1.54) is 0 Å². The van der Waals surface area contributed by atoms with Crippen LogP contribution in [-0.4, -0.2) is 23.0 Å². The Balaban J connectivity index is 3.49. The predicted octanol–water partition coefficient (Wildman–Crippen LogP) is -5.70. The molecule has 0 aromatic carbocycles. The summed E-state index contributed by atoms with van der Waals surface area (Å²) in [5, 5.41) is 0. The molecule has 1 unspecified atom stereocenters. The van der Waals surface area contributed by atoms with Gasteiger partial charge < -0.3 is 51.6 Å². The summed E-state index contributed by atoms with van der Waals surface area (Å²) >= 11 is 0. The molecule has 9 nitrogen and oxygen atoms in total. The van der Waals surface area contributed by atoms with E-state index in [9.17, 15) is 0 Å². The average Bonchev–Trinajstić information content (AvgIpc) is 2.12. The largest absolute Gasteiger partial charge is 0.399 e. The lowest BCUT2D eigenvalue weighted by atomic mass is 9.71. The van der Waals surface area contributed by atoms with Gasteiger partial charge in [-0.05, 0) is 0 Å². The lowest BCUT2D eigenvalue weighted by Crippen LogP contribution is -2.95. The molecule has 0 aliphatic heterocycles. The molecule has 0 bridgehead atoms. The van der Waals surface area contributed by atoms with Crippen LogP contribution in [0, 0.1) is 0 Å². The maximum absolute atomic E-state index is 5.70. The van der Waals surface area contributed by atoms with Crippen molar-refractivity contribution in [3.8, 4) is 0 Å². The normalized spacial score (nSPS) is 32.9. The number of rotatable bonds is 0. The molecule has 0 radical (unpaired) electrons. The predicted molar refractivity (Wildman–Crippen MR) is 56.7 cm³/mol. The average molecular weight is 217 g/mol. The molecule has 0 amide bonds. The van der Waals surface area contributed by atoms with Crippen molar-refractivity contribution < 1.29 is 0 Å². The Morgan fingerprint density at radius 1 is 0.867 bits per heavy atom. The summed E-state index contributed by atoms with van der Waals surface area (Å²) < 4.78 is 0. The molecule has 0 saturated carbocycles. The highest BCUT2D eigenvalue weighted by Crippen LogP contribution is 2.29. The molecular formula is C6H19N9. The highest BCUT2D eigenvalue weighted by molar-refractivity contribution is 5.40. The van der Waals surface area contributed by atoms with Crippen molar-refractivity contribution in [1.29, 1.82) is 0 Å². The minimum Gasteiger partial charge on any atom is -0.399 e. The summed E-state index contributed by atoms with van der Waals surface area (Å²) in [7, 11) is 0. The highest BCUT2D eigenvalue weighted by Gasteiger charge is 2.61. The third-order valence-electron chi connectivity index (χ3n) is 3.01. The summed E-state index contributed by atoms with van der Waals surface area (Å²) in [6.07, 6.45) is 0. The first-order valence-corrected chi connectivity index (χ1v) is 4.22. The molecule has 88 valence electrons. The summed E-state index contributed by atoms with van der Waals surface area (Å²) in [6, 6.07) is -1.02. The third kappa shape index (κ3) is 1.16. The van der Waals surface area contributed by atoms with Gasteiger partial charge in [0.15, 0.2) is 0 Å². The minimum atomic E-state index is -1.88. The molecule has 1 atom stereocenters. The topological polar surface area (TPSA) is 234 Å². The Morgan fingerprint density at radius 2 is 1.27 bits per heavy atom. The van der Waals surface area contributed by atoms with Crippen molar-refractivity contribution in [3.63, 3.8) is 0 Å². The van der Waals surface area contributed by atoms with Gasteiger partial charge in [-0.3, -0.25) is 0 Å². The smallest absolute Gasteiger partial charge is 0.141 e. The quantitative estimate of drug-likeness (QED) is 0.175. The highest BCUT2D eigenvalue weighted by atomic mass is 15.3. The Morgan fingerprint density at radius 3 is 1.67 bits per heavy atom. The maximum atomic E-state index is 5.70. The molecule has 0 aromatic heterocycles. The van der Waals surface area contributed by atoms with Gasteiger partial charge >= 0.3 is 0 Å². The Hall–Kier alpha value is -0.940. The summed E-state index contributed by atoms with van der Waals surface area (Å²) in [5.41, 5.74) is 45.4. The van der Waals surface area contributed by atoms with Crippen molar-refractivity contribution in [2.75, 3.05) is 0 Å². The van der Waals surface area contributed by atoms with Crippen LogP contribution in [0.25, 0.3) is 0 Å². The van der Waals surface area contributed by atoms with Gasteiger partial charge in [-0.2, -0.15) is 0 Å². The van der Waals surface area contributed by atoms with E-state index in [4.69, 9.17) is 51.6 Å². The van der Waals surface area contributed by atoms with Crippen LogP contribution in [0.5, 0.6) is 0 Å². The zero-order valence-corrected chi connectivity index (χ0v) is 8.27. The lowest BCUT2D eigenvalue weighted by molar-refractivity contribution is 0.109. The molecule has 15 heavy (non-hydrogen) atoms. The van der Waals surface area contributed by atoms with Crippen molar-refractivity contribution in [3.05, 3.63) is 11.4 Å². The van der Waals surface area contributed by atoms with Gasteiger partial charge in [0.25, 0.3) is 0 Å². The zero-order valence-electron chi connectivity index (χ0n) is 8.27. The molecular weight excluding hydrogens is 198 g/mol. The van der Waals surface area contributed by atoms with Gasteiger partial charge in [0.1, 0.15) is 17.0 Å². The number of nitrogens with two attached hydrogens (primary N) is 9. The van der Waals surface area contributed by atoms with Crippen LogP contribution >= 0.6 is 0 Å². The summed E-state index contributed by atoms with van der Waals surface area (Å²) in [5.74, 6) is 0. The molecule has 0 aromatic rings. The van der Waals surface area contributed by atoms with Gasteiger partial charge in [0.05, 0.1) is 17.4 Å². The van der Waals surface area contributed by atoms with Crippen molar-refractivity contribution in [2.24, 2.45) is 51.6 Å². The first kappa shape index (κ1) is 12.1. The fourth-order valence-electron chi connectivity index (χ4n) is 1.50. The zero-order chi connectivity index (χ0) is 12.2. The van der Waals surface area contributed by atoms with Gasteiger partial charge in [0.2, 0.25) is 0 Å². The van der Waals surface area contributed by atoms with Crippen LogP contribution in [0.2, 0.25) is 0 Å². The molecule has 0 heterocycles. The monoisotopic (exact) mass is 217 g/mol. The van der Waals surface area contributed by atoms with Crippen molar-refractivity contribution in [2.45, 2.75) is 23.0 Å². The van der Waals surface area contributed by atoms with E-state index >= 15 is 0 Å². The Kier molecular flexibility index (Phi) is 2.26. The van der Waals surface area contributed by atoms with Crippen molar-refractivity contribution in [1.82, 2.24) is 0 Å². The van der Waals surface area contributed by atoms with E-state index in [0.29, 0.717) is 0 Å².